The molecule has 16 aromatic carbocycles. The molecule has 0 radical (unpaired) electrons. The SMILES string of the molecule is CC.CC.CC.CC.CC.CC.CC.CC.c1ccc2c(c1)ccc1c3ccccc3ccc21.c1ccc2c(c1)ccc1c3ccccc3ccc21.c1ccc2c(c1)ccc1c3ccccc3ccc21.c1ccc2c(c1)ccc1c3ccccc3ccc21. The molecule has 0 aliphatic heterocycles. The van der Waals surface area contributed by atoms with E-state index < -0.39 is 0 Å². The first-order valence-corrected chi connectivity index (χ1v) is 32.9. The summed E-state index contributed by atoms with van der Waals surface area (Å²) in [6.45, 7) is 32.0. The van der Waals surface area contributed by atoms with Crippen molar-refractivity contribution in [1.29, 1.82) is 0 Å². The molecule has 0 atom stereocenters. The van der Waals surface area contributed by atoms with Crippen LogP contribution in [0.25, 0.3) is 129 Å². The predicted molar refractivity (Wildman–Crippen MR) is 407 cm³/mol. The number of hydrogen-bond donors (Lipinski definition) is 0. The Morgan fingerprint density at radius 1 is 0.0909 bits per heavy atom. The lowest BCUT2D eigenvalue weighted by atomic mass is 9.97. The molecule has 0 heterocycles. The van der Waals surface area contributed by atoms with Crippen molar-refractivity contribution < 1.29 is 0 Å². The molecule has 0 aromatic heterocycles. The number of hydrogen-bond acceptors (Lipinski definition) is 0. The smallest absolute Gasteiger partial charge is 0.00990 e. The third-order valence-corrected chi connectivity index (χ3v) is 14.6. The van der Waals surface area contributed by atoms with Gasteiger partial charge in [-0.2, -0.15) is 0 Å². The van der Waals surface area contributed by atoms with Crippen LogP contribution in [-0.2, 0) is 0 Å². The van der Waals surface area contributed by atoms with Crippen LogP contribution in [0.5, 0.6) is 0 Å². The van der Waals surface area contributed by atoms with Crippen LogP contribution in [-0.4, -0.2) is 0 Å². The first kappa shape index (κ1) is 69.4. The quantitative estimate of drug-likeness (QED) is 0.133. The average Bonchev–Trinajstić information content (AvgIpc) is 1.98. The molecule has 0 saturated carbocycles. The Morgan fingerprint density at radius 2 is 0.182 bits per heavy atom. The third kappa shape index (κ3) is 15.8. The van der Waals surface area contributed by atoms with Crippen LogP contribution < -0.4 is 0 Å². The van der Waals surface area contributed by atoms with Crippen LogP contribution in [0.15, 0.2) is 291 Å². The van der Waals surface area contributed by atoms with Crippen LogP contribution in [0.1, 0.15) is 111 Å². The van der Waals surface area contributed by atoms with Gasteiger partial charge < -0.3 is 0 Å². The molecule has 0 heteroatoms. The molecule has 0 N–H and O–H groups in total. The Kier molecular flexibility index (Phi) is 29.4. The number of fused-ring (bicyclic) bond motifs is 20. The number of benzene rings is 16. The normalized spacial score (nSPS) is 9.82. The van der Waals surface area contributed by atoms with Gasteiger partial charge in [0, 0.05) is 0 Å². The van der Waals surface area contributed by atoms with Gasteiger partial charge in [0.05, 0.1) is 0 Å². The Bertz CT molecular complexity index is 3790. The molecule has 16 aromatic rings. The second-order valence-electron chi connectivity index (χ2n) is 18.7. The summed E-state index contributed by atoms with van der Waals surface area (Å²) in [5, 5.41) is 31.8. The van der Waals surface area contributed by atoms with Crippen molar-refractivity contribution in [3.63, 3.8) is 0 Å². The summed E-state index contributed by atoms with van der Waals surface area (Å²) < 4.78 is 0. The Morgan fingerprint density at radius 3 is 0.284 bits per heavy atom. The summed E-state index contributed by atoms with van der Waals surface area (Å²) in [7, 11) is 0. The van der Waals surface area contributed by atoms with Gasteiger partial charge in [-0.05, 0) is 129 Å². The highest BCUT2D eigenvalue weighted by Crippen LogP contribution is 2.35. The van der Waals surface area contributed by atoms with Gasteiger partial charge in [0.15, 0.2) is 0 Å². The van der Waals surface area contributed by atoms with Crippen LogP contribution >= 0.6 is 0 Å². The van der Waals surface area contributed by atoms with Crippen molar-refractivity contribution in [3.05, 3.63) is 291 Å². The van der Waals surface area contributed by atoms with Crippen LogP contribution in [0.4, 0.5) is 0 Å². The zero-order valence-corrected chi connectivity index (χ0v) is 55.7. The molecule has 448 valence electrons. The van der Waals surface area contributed by atoms with Crippen molar-refractivity contribution in [3.8, 4) is 0 Å². The number of rotatable bonds is 0. The van der Waals surface area contributed by atoms with Crippen molar-refractivity contribution in [2.45, 2.75) is 111 Å². The Hall–Kier alpha value is -9.36. The summed E-state index contributed by atoms with van der Waals surface area (Å²) >= 11 is 0. The minimum Gasteiger partial charge on any atom is -0.0683 e. The molecule has 0 bridgehead atoms. The fraction of sp³-hybridized carbons (Fsp3) is 0.182. The molecule has 0 unspecified atom stereocenters. The van der Waals surface area contributed by atoms with Gasteiger partial charge in [-0.1, -0.05) is 402 Å². The second kappa shape index (κ2) is 37.3. The van der Waals surface area contributed by atoms with Gasteiger partial charge in [0.1, 0.15) is 0 Å². The first-order valence-electron chi connectivity index (χ1n) is 32.9. The summed E-state index contributed by atoms with van der Waals surface area (Å²) in [5.74, 6) is 0. The van der Waals surface area contributed by atoms with E-state index in [2.05, 4.69) is 291 Å². The molecule has 88 heavy (non-hydrogen) atoms. The molecular weight excluding hydrogens is 1060 g/mol. The van der Waals surface area contributed by atoms with Crippen molar-refractivity contribution in [2.24, 2.45) is 0 Å². The van der Waals surface area contributed by atoms with Crippen molar-refractivity contribution in [2.75, 3.05) is 0 Å². The van der Waals surface area contributed by atoms with E-state index in [0.29, 0.717) is 0 Å². The van der Waals surface area contributed by atoms with E-state index in [4.69, 9.17) is 0 Å². The highest BCUT2D eigenvalue weighted by atomic mass is 14.1. The van der Waals surface area contributed by atoms with Crippen LogP contribution in [0.2, 0.25) is 0 Å². The maximum absolute atomic E-state index is 2.24. The minimum absolute atomic E-state index is 1.31. The third-order valence-electron chi connectivity index (χ3n) is 14.6. The topological polar surface area (TPSA) is 0 Å². The lowest BCUT2D eigenvalue weighted by molar-refractivity contribution is 1.50. The molecule has 0 aliphatic carbocycles. The van der Waals surface area contributed by atoms with E-state index in [0.717, 1.165) is 0 Å². The standard InChI is InChI=1S/4C18H12.8C2H6/c4*1-3-7-15-13(5-1)9-11-18-16-8-4-2-6-14(16)10-12-17(15)18;8*1-2/h4*1-12H;8*1-2H3. The molecule has 0 spiro atoms. The first-order chi connectivity index (χ1) is 43.7. The van der Waals surface area contributed by atoms with E-state index in [1.807, 2.05) is 111 Å². The van der Waals surface area contributed by atoms with E-state index >= 15 is 0 Å². The Labute approximate surface area is 528 Å². The monoisotopic (exact) mass is 1150 g/mol. The predicted octanol–water partition coefficient (Wildman–Crippen LogP) is 28.8. The van der Waals surface area contributed by atoms with Crippen molar-refractivity contribution in [1.82, 2.24) is 0 Å². The second-order valence-corrected chi connectivity index (χ2v) is 18.7. The van der Waals surface area contributed by atoms with Gasteiger partial charge in [-0.15, -0.1) is 0 Å². The molecule has 0 nitrogen and oxygen atoms in total. The minimum atomic E-state index is 1.31. The lowest BCUT2D eigenvalue weighted by Crippen LogP contribution is -1.79. The maximum Gasteiger partial charge on any atom is -0.00990 e. The average molecular weight is 1150 g/mol. The molecule has 0 amide bonds. The zero-order valence-electron chi connectivity index (χ0n) is 55.7. The maximum atomic E-state index is 2.24. The van der Waals surface area contributed by atoms with E-state index in [-0.39, 0.29) is 0 Å². The van der Waals surface area contributed by atoms with E-state index in [1.54, 1.807) is 0 Å². The van der Waals surface area contributed by atoms with Crippen LogP contribution in [0, 0.1) is 0 Å². The molecule has 0 saturated heterocycles. The Balaban J connectivity index is 0.000000198. The molecular formula is C88H96. The summed E-state index contributed by atoms with van der Waals surface area (Å²) in [6.07, 6.45) is 0. The van der Waals surface area contributed by atoms with Gasteiger partial charge >= 0.3 is 0 Å². The van der Waals surface area contributed by atoms with E-state index in [1.165, 1.54) is 129 Å². The molecule has 0 aliphatic rings. The van der Waals surface area contributed by atoms with Gasteiger partial charge in [0.25, 0.3) is 0 Å². The summed E-state index contributed by atoms with van der Waals surface area (Å²) in [5.41, 5.74) is 0. The van der Waals surface area contributed by atoms with Gasteiger partial charge in [0.2, 0.25) is 0 Å². The van der Waals surface area contributed by atoms with Gasteiger partial charge in [-0.3, -0.25) is 0 Å². The van der Waals surface area contributed by atoms with E-state index in [9.17, 15) is 0 Å². The highest BCUT2D eigenvalue weighted by Gasteiger charge is 2.07. The highest BCUT2D eigenvalue weighted by molar-refractivity contribution is 6.20. The fourth-order valence-electron chi connectivity index (χ4n) is 11.1. The fourth-order valence-corrected chi connectivity index (χ4v) is 11.1. The molecule has 16 rings (SSSR count). The molecule has 0 fully saturated rings. The van der Waals surface area contributed by atoms with Crippen LogP contribution in [0.3, 0.4) is 0 Å². The zero-order chi connectivity index (χ0) is 63.8. The van der Waals surface area contributed by atoms with Gasteiger partial charge in [-0.25, -0.2) is 0 Å². The summed E-state index contributed by atoms with van der Waals surface area (Å²) in [6, 6.07) is 104. The summed E-state index contributed by atoms with van der Waals surface area (Å²) in [4.78, 5) is 0. The lowest BCUT2D eigenvalue weighted by Gasteiger charge is -2.07. The largest absolute Gasteiger partial charge is 0.0683 e. The van der Waals surface area contributed by atoms with Crippen molar-refractivity contribution >= 4 is 129 Å².